The predicted octanol–water partition coefficient (Wildman–Crippen LogP) is 3.39. The van der Waals surface area contributed by atoms with E-state index in [1.165, 1.54) is 7.11 Å². The zero-order valence-electron chi connectivity index (χ0n) is 11.5. The molecule has 0 spiro atoms. The van der Waals surface area contributed by atoms with Crippen LogP contribution in [0, 0.1) is 13.8 Å². The monoisotopic (exact) mass is 290 g/mol. The number of benzene rings is 1. The van der Waals surface area contributed by atoms with Crippen LogP contribution in [0.4, 0.5) is 5.69 Å². The number of nitrogen functional groups attached to an aromatic ring is 1. The van der Waals surface area contributed by atoms with Crippen molar-refractivity contribution in [3.63, 3.8) is 0 Å². The van der Waals surface area contributed by atoms with Crippen molar-refractivity contribution in [2.24, 2.45) is 0 Å². The summed E-state index contributed by atoms with van der Waals surface area (Å²) in [6, 6.07) is 7.80. The van der Waals surface area contributed by atoms with Crippen molar-refractivity contribution in [1.29, 1.82) is 0 Å². The molecule has 1 aromatic carbocycles. The number of aromatic nitrogens is 1. The highest BCUT2D eigenvalue weighted by Gasteiger charge is 2.20. The fourth-order valence-corrected chi connectivity index (χ4v) is 2.15. The zero-order valence-corrected chi connectivity index (χ0v) is 12.3. The largest absolute Gasteiger partial charge is 0.464 e. The molecule has 0 bridgehead atoms. The zero-order chi connectivity index (χ0) is 14.9. The minimum Gasteiger partial charge on any atom is -0.464 e. The van der Waals surface area contributed by atoms with Gasteiger partial charge in [0.15, 0.2) is 5.69 Å². The molecular formula is C15H15ClN2O2. The molecule has 104 valence electrons. The first kappa shape index (κ1) is 14.3. The van der Waals surface area contributed by atoms with E-state index < -0.39 is 5.97 Å². The molecule has 20 heavy (non-hydrogen) atoms. The number of nitrogens with two attached hydrogens (primary N) is 1. The molecule has 0 saturated carbocycles. The Morgan fingerprint density at radius 1 is 1.25 bits per heavy atom. The molecule has 1 heterocycles. The molecule has 0 fully saturated rings. The van der Waals surface area contributed by atoms with Crippen LogP contribution in [-0.2, 0) is 4.74 Å². The number of halogens is 1. The fraction of sp³-hybridized carbons (Fsp3) is 0.200. The van der Waals surface area contributed by atoms with Gasteiger partial charge in [0.05, 0.1) is 23.5 Å². The smallest absolute Gasteiger partial charge is 0.358 e. The SMILES string of the molecule is COC(=O)c1nc(-c2ccc(C)cc2)c(C)c(N)c1Cl. The van der Waals surface area contributed by atoms with Crippen LogP contribution in [0.1, 0.15) is 21.6 Å². The van der Waals surface area contributed by atoms with E-state index in [-0.39, 0.29) is 10.7 Å². The van der Waals surface area contributed by atoms with E-state index in [4.69, 9.17) is 17.3 Å². The lowest BCUT2D eigenvalue weighted by Crippen LogP contribution is -2.09. The number of pyridine rings is 1. The third-order valence-corrected chi connectivity index (χ3v) is 3.51. The maximum atomic E-state index is 11.7. The Hall–Kier alpha value is -2.07. The average molecular weight is 291 g/mol. The second-order valence-electron chi connectivity index (χ2n) is 4.52. The van der Waals surface area contributed by atoms with Crippen molar-refractivity contribution in [3.8, 4) is 11.3 Å². The van der Waals surface area contributed by atoms with Crippen molar-refractivity contribution in [2.45, 2.75) is 13.8 Å². The highest BCUT2D eigenvalue weighted by molar-refractivity contribution is 6.36. The standard InChI is InChI=1S/C15H15ClN2O2/c1-8-4-6-10(7-5-8)13-9(2)12(17)11(16)14(18-13)15(19)20-3/h4-7H,1-3H3,(H2,17,18). The molecule has 0 unspecified atom stereocenters. The van der Waals surface area contributed by atoms with E-state index >= 15 is 0 Å². The molecule has 0 saturated heterocycles. The molecule has 2 rings (SSSR count). The van der Waals surface area contributed by atoms with Crippen LogP contribution in [0.15, 0.2) is 24.3 Å². The number of nitrogens with zero attached hydrogens (tertiary/aromatic N) is 1. The number of carbonyl (C=O) groups is 1. The first-order valence-corrected chi connectivity index (χ1v) is 6.44. The maximum Gasteiger partial charge on any atom is 0.358 e. The normalized spacial score (nSPS) is 10.4. The molecule has 4 nitrogen and oxygen atoms in total. The van der Waals surface area contributed by atoms with Gasteiger partial charge in [0.2, 0.25) is 0 Å². The number of hydrogen-bond acceptors (Lipinski definition) is 4. The Labute approximate surface area is 122 Å². The number of esters is 1. The van der Waals surface area contributed by atoms with Crippen molar-refractivity contribution >= 4 is 23.3 Å². The summed E-state index contributed by atoms with van der Waals surface area (Å²) in [4.78, 5) is 16.0. The van der Waals surface area contributed by atoms with Gasteiger partial charge in [0.25, 0.3) is 0 Å². The number of methoxy groups -OCH3 is 1. The molecule has 0 atom stereocenters. The van der Waals surface area contributed by atoms with Gasteiger partial charge in [0.1, 0.15) is 0 Å². The summed E-state index contributed by atoms with van der Waals surface area (Å²) in [6.45, 7) is 3.82. The van der Waals surface area contributed by atoms with Crippen molar-refractivity contribution in [2.75, 3.05) is 12.8 Å². The molecule has 0 amide bonds. The molecule has 0 aliphatic carbocycles. The van der Waals surface area contributed by atoms with Crippen LogP contribution < -0.4 is 5.73 Å². The van der Waals surface area contributed by atoms with E-state index in [2.05, 4.69) is 9.72 Å². The first-order chi connectivity index (χ1) is 9.45. The second-order valence-corrected chi connectivity index (χ2v) is 4.90. The van der Waals surface area contributed by atoms with E-state index in [0.717, 1.165) is 16.7 Å². The number of rotatable bonds is 2. The van der Waals surface area contributed by atoms with Crippen LogP contribution in [0.3, 0.4) is 0 Å². The summed E-state index contributed by atoms with van der Waals surface area (Å²) in [5.41, 5.74) is 9.73. The summed E-state index contributed by atoms with van der Waals surface area (Å²) in [7, 11) is 1.28. The van der Waals surface area contributed by atoms with Gasteiger partial charge >= 0.3 is 5.97 Å². The lowest BCUT2D eigenvalue weighted by molar-refractivity contribution is 0.0594. The van der Waals surface area contributed by atoms with Crippen LogP contribution >= 0.6 is 11.6 Å². The summed E-state index contributed by atoms with van der Waals surface area (Å²) in [6.07, 6.45) is 0. The van der Waals surface area contributed by atoms with Crippen LogP contribution in [-0.4, -0.2) is 18.1 Å². The number of aryl methyl sites for hydroxylation is 1. The van der Waals surface area contributed by atoms with E-state index in [9.17, 15) is 4.79 Å². The van der Waals surface area contributed by atoms with E-state index in [1.54, 1.807) is 0 Å². The van der Waals surface area contributed by atoms with E-state index in [1.807, 2.05) is 38.1 Å². The molecule has 5 heteroatoms. The third-order valence-electron chi connectivity index (χ3n) is 3.13. The van der Waals surface area contributed by atoms with Gasteiger partial charge in [0, 0.05) is 5.56 Å². The van der Waals surface area contributed by atoms with E-state index in [0.29, 0.717) is 11.4 Å². The van der Waals surface area contributed by atoms with Gasteiger partial charge in [-0.1, -0.05) is 41.4 Å². The van der Waals surface area contributed by atoms with Gasteiger partial charge in [-0.05, 0) is 19.4 Å². The lowest BCUT2D eigenvalue weighted by atomic mass is 10.0. The highest BCUT2D eigenvalue weighted by atomic mass is 35.5. The molecule has 0 aliphatic heterocycles. The quantitative estimate of drug-likeness (QED) is 0.861. The maximum absolute atomic E-state index is 11.7. The lowest BCUT2D eigenvalue weighted by Gasteiger charge is -2.12. The minimum atomic E-state index is -0.602. The van der Waals surface area contributed by atoms with Gasteiger partial charge in [-0.2, -0.15) is 0 Å². The molecule has 2 N–H and O–H groups in total. The van der Waals surface area contributed by atoms with Gasteiger partial charge < -0.3 is 10.5 Å². The van der Waals surface area contributed by atoms with Crippen LogP contribution in [0.25, 0.3) is 11.3 Å². The van der Waals surface area contributed by atoms with Crippen molar-refractivity contribution in [1.82, 2.24) is 4.98 Å². The number of hydrogen-bond donors (Lipinski definition) is 1. The summed E-state index contributed by atoms with van der Waals surface area (Å²) in [5.74, 6) is -0.602. The molecule has 1 aromatic heterocycles. The Morgan fingerprint density at radius 2 is 1.85 bits per heavy atom. The molecule has 2 aromatic rings. The average Bonchev–Trinajstić information content (AvgIpc) is 2.45. The van der Waals surface area contributed by atoms with Gasteiger partial charge in [-0.3, -0.25) is 0 Å². The van der Waals surface area contributed by atoms with Crippen LogP contribution in [0.2, 0.25) is 5.02 Å². The Kier molecular flexibility index (Phi) is 3.95. The second kappa shape index (κ2) is 5.51. The highest BCUT2D eigenvalue weighted by Crippen LogP contribution is 2.33. The topological polar surface area (TPSA) is 65.2 Å². The molecule has 0 aliphatic rings. The number of ether oxygens (including phenoxy) is 1. The number of anilines is 1. The third kappa shape index (κ3) is 2.47. The molecular weight excluding hydrogens is 276 g/mol. The van der Waals surface area contributed by atoms with Crippen molar-refractivity contribution < 1.29 is 9.53 Å². The predicted molar refractivity (Wildman–Crippen MR) is 79.9 cm³/mol. The van der Waals surface area contributed by atoms with Crippen molar-refractivity contribution in [3.05, 3.63) is 46.1 Å². The first-order valence-electron chi connectivity index (χ1n) is 6.06. The Balaban J connectivity index is 2.67. The Morgan fingerprint density at radius 3 is 2.40 bits per heavy atom. The minimum absolute atomic E-state index is 0.0350. The molecule has 0 radical (unpaired) electrons. The summed E-state index contributed by atoms with van der Waals surface area (Å²) >= 11 is 6.07. The Bertz CT molecular complexity index is 667. The summed E-state index contributed by atoms with van der Waals surface area (Å²) in [5, 5.41) is 0.130. The number of carbonyl (C=O) groups excluding carboxylic acids is 1. The fourth-order valence-electron chi connectivity index (χ4n) is 1.89. The van der Waals surface area contributed by atoms with Gasteiger partial charge in [-0.15, -0.1) is 0 Å². The van der Waals surface area contributed by atoms with Gasteiger partial charge in [-0.25, -0.2) is 9.78 Å². The van der Waals surface area contributed by atoms with Crippen LogP contribution in [0.5, 0.6) is 0 Å². The summed E-state index contributed by atoms with van der Waals surface area (Å²) < 4.78 is 4.68.